The van der Waals surface area contributed by atoms with E-state index in [0.29, 0.717) is 16.4 Å². The summed E-state index contributed by atoms with van der Waals surface area (Å²) in [4.78, 5) is 20.7. The van der Waals surface area contributed by atoms with Crippen LogP contribution in [0.4, 0.5) is 5.82 Å². The Morgan fingerprint density at radius 3 is 2.79 bits per heavy atom. The van der Waals surface area contributed by atoms with Gasteiger partial charge in [-0.15, -0.1) is 11.8 Å². The van der Waals surface area contributed by atoms with Gasteiger partial charge in [-0.05, 0) is 42.1 Å². The van der Waals surface area contributed by atoms with E-state index in [1.165, 1.54) is 18.0 Å². The van der Waals surface area contributed by atoms with Crippen molar-refractivity contribution in [3.8, 4) is 0 Å². The zero-order chi connectivity index (χ0) is 13.8. The van der Waals surface area contributed by atoms with Crippen LogP contribution in [0.3, 0.4) is 0 Å². The van der Waals surface area contributed by atoms with Gasteiger partial charge in [0.05, 0.1) is 10.6 Å². The van der Waals surface area contributed by atoms with Gasteiger partial charge in [0, 0.05) is 11.1 Å². The van der Waals surface area contributed by atoms with Gasteiger partial charge >= 0.3 is 0 Å². The Hall–Kier alpha value is -1.30. The number of thioether (sulfide) groups is 1. The van der Waals surface area contributed by atoms with Crippen LogP contribution in [0.2, 0.25) is 10.3 Å². The minimum absolute atomic E-state index is 0.0711. The molecule has 98 valence electrons. The molecule has 0 aliphatic carbocycles. The second-order valence-electron chi connectivity index (χ2n) is 3.51. The summed E-state index contributed by atoms with van der Waals surface area (Å²) in [6, 6.07) is 6.82. The monoisotopic (exact) mass is 313 g/mol. The standard InChI is InChI=1S/C12H9Cl2N3OS/c1-19-7-2-3-9(13)8(6-7)11(18)16-10-4-5-15-12(14)17-10/h2-6H,1H3,(H,15,16,17,18). The van der Waals surface area contributed by atoms with E-state index in [0.717, 1.165) is 4.90 Å². The van der Waals surface area contributed by atoms with Gasteiger partial charge in [-0.25, -0.2) is 9.97 Å². The highest BCUT2D eigenvalue weighted by Crippen LogP contribution is 2.23. The minimum atomic E-state index is -0.337. The Morgan fingerprint density at radius 1 is 1.32 bits per heavy atom. The van der Waals surface area contributed by atoms with Gasteiger partial charge in [-0.1, -0.05) is 11.6 Å². The molecular weight excluding hydrogens is 305 g/mol. The fourth-order valence-electron chi connectivity index (χ4n) is 1.39. The number of halogens is 2. The third-order valence-corrected chi connectivity index (χ3v) is 3.52. The van der Waals surface area contributed by atoms with Crippen LogP contribution in [-0.4, -0.2) is 22.1 Å². The fraction of sp³-hybridized carbons (Fsp3) is 0.0833. The van der Waals surface area contributed by atoms with Crippen LogP contribution < -0.4 is 5.32 Å². The Morgan fingerprint density at radius 2 is 2.11 bits per heavy atom. The lowest BCUT2D eigenvalue weighted by atomic mass is 10.2. The highest BCUT2D eigenvalue weighted by Gasteiger charge is 2.12. The number of anilines is 1. The number of nitrogens with one attached hydrogen (secondary N) is 1. The molecule has 2 aromatic rings. The van der Waals surface area contributed by atoms with E-state index in [-0.39, 0.29) is 11.2 Å². The summed E-state index contributed by atoms with van der Waals surface area (Å²) >= 11 is 13.2. The Bertz CT molecular complexity index is 622. The molecule has 7 heteroatoms. The normalized spacial score (nSPS) is 10.3. The maximum absolute atomic E-state index is 12.1. The highest BCUT2D eigenvalue weighted by molar-refractivity contribution is 7.98. The second-order valence-corrected chi connectivity index (χ2v) is 5.14. The summed E-state index contributed by atoms with van der Waals surface area (Å²) in [6.07, 6.45) is 3.39. The number of nitrogens with zero attached hydrogens (tertiary/aromatic N) is 2. The molecule has 0 spiro atoms. The molecule has 1 aromatic heterocycles. The number of carbonyl (C=O) groups excluding carboxylic acids is 1. The van der Waals surface area contributed by atoms with Crippen LogP contribution in [0.5, 0.6) is 0 Å². The summed E-state index contributed by atoms with van der Waals surface area (Å²) in [7, 11) is 0. The van der Waals surface area contributed by atoms with Crippen molar-refractivity contribution >= 4 is 46.7 Å². The Labute approximate surface area is 124 Å². The maximum atomic E-state index is 12.1. The molecule has 1 N–H and O–H groups in total. The predicted molar refractivity (Wildman–Crippen MR) is 78.2 cm³/mol. The molecule has 1 heterocycles. The molecule has 0 saturated heterocycles. The molecule has 0 aliphatic rings. The third-order valence-electron chi connectivity index (χ3n) is 2.29. The lowest BCUT2D eigenvalue weighted by molar-refractivity contribution is 0.102. The molecule has 1 aromatic carbocycles. The van der Waals surface area contributed by atoms with Crippen LogP contribution in [0, 0.1) is 0 Å². The SMILES string of the molecule is CSc1ccc(Cl)c(C(=O)Nc2ccnc(Cl)n2)c1. The number of hydrogen-bond acceptors (Lipinski definition) is 4. The molecule has 19 heavy (non-hydrogen) atoms. The lowest BCUT2D eigenvalue weighted by Gasteiger charge is -2.07. The van der Waals surface area contributed by atoms with Crippen molar-refractivity contribution in [1.82, 2.24) is 9.97 Å². The molecule has 0 saturated carbocycles. The number of rotatable bonds is 3. The zero-order valence-electron chi connectivity index (χ0n) is 9.85. The van der Waals surface area contributed by atoms with E-state index in [2.05, 4.69) is 15.3 Å². The third kappa shape index (κ3) is 3.59. The number of benzene rings is 1. The number of amides is 1. The summed E-state index contributed by atoms with van der Waals surface area (Å²) in [5.41, 5.74) is 0.392. The first-order valence-corrected chi connectivity index (χ1v) is 7.21. The molecule has 4 nitrogen and oxygen atoms in total. The van der Waals surface area contributed by atoms with E-state index < -0.39 is 0 Å². The van der Waals surface area contributed by atoms with E-state index in [1.807, 2.05) is 12.3 Å². The van der Waals surface area contributed by atoms with Crippen molar-refractivity contribution in [3.05, 3.63) is 46.3 Å². The average molecular weight is 314 g/mol. The first-order valence-electron chi connectivity index (χ1n) is 5.23. The van der Waals surface area contributed by atoms with Crippen LogP contribution in [0.1, 0.15) is 10.4 Å². The molecule has 2 rings (SSSR count). The van der Waals surface area contributed by atoms with Gasteiger partial charge in [0.1, 0.15) is 5.82 Å². The fourth-order valence-corrected chi connectivity index (χ4v) is 2.18. The van der Waals surface area contributed by atoms with Crippen molar-refractivity contribution in [2.24, 2.45) is 0 Å². The summed E-state index contributed by atoms with van der Waals surface area (Å²) in [6.45, 7) is 0. The second kappa shape index (κ2) is 6.23. The van der Waals surface area contributed by atoms with Gasteiger partial charge in [0.15, 0.2) is 0 Å². The van der Waals surface area contributed by atoms with Crippen LogP contribution in [0.25, 0.3) is 0 Å². The average Bonchev–Trinajstić information content (AvgIpc) is 2.39. The summed E-state index contributed by atoms with van der Waals surface area (Å²) < 4.78 is 0. The van der Waals surface area contributed by atoms with Crippen molar-refractivity contribution in [2.75, 3.05) is 11.6 Å². The topological polar surface area (TPSA) is 54.9 Å². The van der Waals surface area contributed by atoms with Crippen LogP contribution in [-0.2, 0) is 0 Å². The van der Waals surface area contributed by atoms with E-state index >= 15 is 0 Å². The molecule has 0 atom stereocenters. The molecular formula is C12H9Cl2N3OS. The Kier molecular flexibility index (Phi) is 4.63. The summed E-state index contributed by atoms with van der Waals surface area (Å²) in [5, 5.41) is 3.08. The molecule has 1 amide bonds. The van der Waals surface area contributed by atoms with Gasteiger partial charge in [0.2, 0.25) is 5.28 Å². The smallest absolute Gasteiger partial charge is 0.258 e. The number of aromatic nitrogens is 2. The lowest BCUT2D eigenvalue weighted by Crippen LogP contribution is -2.13. The van der Waals surface area contributed by atoms with Crippen LogP contribution >= 0.6 is 35.0 Å². The minimum Gasteiger partial charge on any atom is -0.306 e. The molecule has 0 aliphatic heterocycles. The molecule has 0 unspecified atom stereocenters. The number of carbonyl (C=O) groups is 1. The van der Waals surface area contributed by atoms with Gasteiger partial charge in [-0.2, -0.15) is 0 Å². The highest BCUT2D eigenvalue weighted by atomic mass is 35.5. The van der Waals surface area contributed by atoms with Gasteiger partial charge in [0.25, 0.3) is 5.91 Å². The van der Waals surface area contributed by atoms with Crippen molar-refractivity contribution in [2.45, 2.75) is 4.90 Å². The quantitative estimate of drug-likeness (QED) is 0.692. The molecule has 0 radical (unpaired) electrons. The first-order chi connectivity index (χ1) is 9.10. The molecule has 0 fully saturated rings. The maximum Gasteiger partial charge on any atom is 0.258 e. The largest absolute Gasteiger partial charge is 0.306 e. The van der Waals surface area contributed by atoms with Crippen LogP contribution in [0.15, 0.2) is 35.4 Å². The van der Waals surface area contributed by atoms with Crippen molar-refractivity contribution in [1.29, 1.82) is 0 Å². The van der Waals surface area contributed by atoms with Crippen molar-refractivity contribution in [3.63, 3.8) is 0 Å². The van der Waals surface area contributed by atoms with Gasteiger partial charge < -0.3 is 5.32 Å². The zero-order valence-corrected chi connectivity index (χ0v) is 12.2. The molecule has 0 bridgehead atoms. The van der Waals surface area contributed by atoms with E-state index in [9.17, 15) is 4.79 Å². The van der Waals surface area contributed by atoms with E-state index in [1.54, 1.807) is 18.2 Å². The van der Waals surface area contributed by atoms with Gasteiger partial charge in [-0.3, -0.25) is 4.79 Å². The first kappa shape index (κ1) is 14.1. The Balaban J connectivity index is 2.25. The predicted octanol–water partition coefficient (Wildman–Crippen LogP) is 3.76. The summed E-state index contributed by atoms with van der Waals surface area (Å²) in [5.74, 6) is -0.00807. The van der Waals surface area contributed by atoms with Crippen molar-refractivity contribution < 1.29 is 4.79 Å². The van der Waals surface area contributed by atoms with E-state index in [4.69, 9.17) is 23.2 Å². The number of hydrogen-bond donors (Lipinski definition) is 1.